The zero-order chi connectivity index (χ0) is 11.3. The number of rotatable bonds is 3. The molecule has 0 atom stereocenters. The zero-order valence-corrected chi connectivity index (χ0v) is 9.56. The van der Waals surface area contributed by atoms with E-state index >= 15 is 0 Å². The molecule has 0 spiro atoms. The Hall–Kier alpha value is -1.39. The molecule has 0 radical (unpaired) electrons. The van der Waals surface area contributed by atoms with Gasteiger partial charge in [0.15, 0.2) is 5.82 Å². The summed E-state index contributed by atoms with van der Waals surface area (Å²) in [5.74, 6) is 2.02. The van der Waals surface area contributed by atoms with Crippen molar-refractivity contribution < 1.29 is 9.53 Å². The van der Waals surface area contributed by atoms with E-state index in [0.717, 1.165) is 24.5 Å². The number of carbonyl (C=O) groups excluding carboxylic acids is 1. The largest absolute Gasteiger partial charge is 0.468 e. The molecule has 1 aromatic rings. The van der Waals surface area contributed by atoms with Crippen LogP contribution in [0.4, 0.5) is 0 Å². The first-order valence-corrected chi connectivity index (χ1v) is 5.67. The summed E-state index contributed by atoms with van der Waals surface area (Å²) in [6.45, 7) is 0. The highest BCUT2D eigenvalue weighted by Gasteiger charge is 2.56. The quantitative estimate of drug-likeness (QED) is 0.711. The Morgan fingerprint density at radius 1 is 1.50 bits per heavy atom. The molecule has 0 bridgehead atoms. The van der Waals surface area contributed by atoms with Crippen LogP contribution in [0.5, 0.6) is 0 Å². The maximum atomic E-state index is 11.7. The number of methoxy groups -OCH3 is 1. The normalized spacial score (nSPS) is 21.9. The van der Waals surface area contributed by atoms with Crippen molar-refractivity contribution in [2.45, 2.75) is 37.0 Å². The predicted molar refractivity (Wildman–Crippen MR) is 55.9 cm³/mol. The van der Waals surface area contributed by atoms with Crippen molar-refractivity contribution >= 4 is 5.97 Å². The highest BCUT2D eigenvalue weighted by Crippen LogP contribution is 2.49. The van der Waals surface area contributed by atoms with Gasteiger partial charge in [-0.25, -0.2) is 4.98 Å². The number of hydrogen-bond donors (Lipinski definition) is 0. The van der Waals surface area contributed by atoms with Gasteiger partial charge in [0.05, 0.1) is 7.11 Å². The topological polar surface area (TPSA) is 57.0 Å². The highest BCUT2D eigenvalue weighted by atomic mass is 16.5. The number of aryl methyl sites for hydroxylation is 1. The summed E-state index contributed by atoms with van der Waals surface area (Å²) < 4.78 is 6.60. The van der Waals surface area contributed by atoms with Gasteiger partial charge < -0.3 is 4.74 Å². The summed E-state index contributed by atoms with van der Waals surface area (Å²) in [6.07, 6.45) is 4.01. The van der Waals surface area contributed by atoms with Crippen LogP contribution < -0.4 is 0 Å². The fourth-order valence-electron chi connectivity index (χ4n) is 2.17. The van der Waals surface area contributed by atoms with Crippen molar-refractivity contribution in [2.75, 3.05) is 7.11 Å². The third-order valence-corrected chi connectivity index (χ3v) is 3.48. The molecule has 1 heterocycles. The molecule has 2 saturated carbocycles. The van der Waals surface area contributed by atoms with Gasteiger partial charge >= 0.3 is 5.97 Å². The average molecular weight is 221 g/mol. The van der Waals surface area contributed by atoms with Crippen LogP contribution in [0, 0.1) is 0 Å². The first kappa shape index (κ1) is 9.81. The van der Waals surface area contributed by atoms with Crippen LogP contribution >= 0.6 is 0 Å². The second kappa shape index (κ2) is 3.06. The first-order chi connectivity index (χ1) is 7.67. The molecule has 0 N–H and O–H groups in total. The van der Waals surface area contributed by atoms with E-state index in [4.69, 9.17) is 4.74 Å². The van der Waals surface area contributed by atoms with E-state index in [1.54, 1.807) is 4.68 Å². The molecule has 16 heavy (non-hydrogen) atoms. The Bertz CT molecular complexity index is 444. The van der Waals surface area contributed by atoms with Crippen LogP contribution in [0.3, 0.4) is 0 Å². The Kier molecular flexibility index (Phi) is 1.87. The van der Waals surface area contributed by atoms with E-state index in [2.05, 4.69) is 10.1 Å². The molecule has 1 aromatic heterocycles. The van der Waals surface area contributed by atoms with Crippen molar-refractivity contribution in [2.24, 2.45) is 7.05 Å². The molecular formula is C11H15N3O2. The number of nitrogens with zero attached hydrogens (tertiary/aromatic N) is 3. The van der Waals surface area contributed by atoms with E-state index in [-0.39, 0.29) is 5.97 Å². The van der Waals surface area contributed by atoms with Gasteiger partial charge in [0.1, 0.15) is 11.2 Å². The molecule has 2 aliphatic carbocycles. The van der Waals surface area contributed by atoms with Crippen LogP contribution in [0.25, 0.3) is 0 Å². The standard InChI is InChI=1S/C11H15N3O2/c1-14-9(11(5-6-11)10(15)16-2)12-8(13-14)7-3-4-7/h7H,3-6H2,1-2H3. The monoisotopic (exact) mass is 221 g/mol. The molecule has 0 aliphatic heterocycles. The lowest BCUT2D eigenvalue weighted by Crippen LogP contribution is -2.25. The summed E-state index contributed by atoms with van der Waals surface area (Å²) in [5.41, 5.74) is -0.496. The number of aromatic nitrogens is 3. The lowest BCUT2D eigenvalue weighted by molar-refractivity contribution is -0.144. The van der Waals surface area contributed by atoms with Gasteiger partial charge in [-0.15, -0.1) is 0 Å². The predicted octanol–water partition coefficient (Wildman–Crippen LogP) is 0.897. The SMILES string of the molecule is COC(=O)C1(c2nc(C3CC3)nn2C)CC1. The lowest BCUT2D eigenvalue weighted by Gasteiger charge is -2.10. The summed E-state index contributed by atoms with van der Waals surface area (Å²) >= 11 is 0. The molecule has 0 saturated heterocycles. The Morgan fingerprint density at radius 3 is 2.69 bits per heavy atom. The molecule has 86 valence electrons. The summed E-state index contributed by atoms with van der Waals surface area (Å²) in [7, 11) is 3.29. The van der Waals surface area contributed by atoms with Crippen molar-refractivity contribution in [1.82, 2.24) is 14.8 Å². The van der Waals surface area contributed by atoms with E-state index in [9.17, 15) is 4.79 Å². The molecule has 3 rings (SSSR count). The fourth-order valence-corrected chi connectivity index (χ4v) is 2.17. The van der Waals surface area contributed by atoms with Crippen molar-refractivity contribution in [3.63, 3.8) is 0 Å². The Balaban J connectivity index is 1.96. The summed E-state index contributed by atoms with van der Waals surface area (Å²) in [4.78, 5) is 16.3. The molecule has 2 fully saturated rings. The van der Waals surface area contributed by atoms with Gasteiger partial charge in [0.25, 0.3) is 0 Å². The van der Waals surface area contributed by atoms with Crippen LogP contribution in [0.15, 0.2) is 0 Å². The molecule has 0 amide bonds. The van der Waals surface area contributed by atoms with Crippen LogP contribution in [-0.4, -0.2) is 27.8 Å². The van der Waals surface area contributed by atoms with Gasteiger partial charge in [-0.1, -0.05) is 0 Å². The van der Waals surface area contributed by atoms with E-state index in [1.807, 2.05) is 7.05 Å². The number of ether oxygens (including phenoxy) is 1. The van der Waals surface area contributed by atoms with E-state index in [0.29, 0.717) is 5.92 Å². The third kappa shape index (κ3) is 1.27. The smallest absolute Gasteiger partial charge is 0.319 e. The summed E-state index contributed by atoms with van der Waals surface area (Å²) in [5, 5.41) is 4.39. The maximum absolute atomic E-state index is 11.7. The van der Waals surface area contributed by atoms with Gasteiger partial charge in [0, 0.05) is 13.0 Å². The van der Waals surface area contributed by atoms with Gasteiger partial charge in [0.2, 0.25) is 0 Å². The lowest BCUT2D eigenvalue weighted by atomic mass is 10.1. The molecule has 5 heteroatoms. The van der Waals surface area contributed by atoms with Gasteiger partial charge in [-0.3, -0.25) is 9.48 Å². The molecular weight excluding hydrogens is 206 g/mol. The highest BCUT2D eigenvalue weighted by molar-refractivity contribution is 5.85. The van der Waals surface area contributed by atoms with E-state index in [1.165, 1.54) is 20.0 Å². The van der Waals surface area contributed by atoms with Crippen molar-refractivity contribution in [1.29, 1.82) is 0 Å². The fraction of sp³-hybridized carbons (Fsp3) is 0.727. The number of carbonyl (C=O) groups is 1. The average Bonchev–Trinajstić information content (AvgIpc) is 3.18. The van der Waals surface area contributed by atoms with E-state index < -0.39 is 5.41 Å². The number of hydrogen-bond acceptors (Lipinski definition) is 4. The first-order valence-electron chi connectivity index (χ1n) is 5.67. The second-order valence-electron chi connectivity index (χ2n) is 4.77. The maximum Gasteiger partial charge on any atom is 0.319 e. The Morgan fingerprint density at radius 2 is 2.19 bits per heavy atom. The molecule has 5 nitrogen and oxygen atoms in total. The van der Waals surface area contributed by atoms with Crippen LogP contribution in [0.1, 0.15) is 43.3 Å². The minimum absolute atomic E-state index is 0.176. The van der Waals surface area contributed by atoms with Crippen LogP contribution in [-0.2, 0) is 22.0 Å². The van der Waals surface area contributed by atoms with Gasteiger partial charge in [-0.05, 0) is 25.7 Å². The number of esters is 1. The minimum Gasteiger partial charge on any atom is -0.468 e. The van der Waals surface area contributed by atoms with Gasteiger partial charge in [-0.2, -0.15) is 5.10 Å². The molecule has 2 aliphatic rings. The third-order valence-electron chi connectivity index (χ3n) is 3.48. The summed E-state index contributed by atoms with van der Waals surface area (Å²) in [6, 6.07) is 0. The molecule has 0 aromatic carbocycles. The van der Waals surface area contributed by atoms with Crippen molar-refractivity contribution in [3.05, 3.63) is 11.6 Å². The zero-order valence-electron chi connectivity index (χ0n) is 9.56. The van der Waals surface area contributed by atoms with Crippen molar-refractivity contribution in [3.8, 4) is 0 Å². The second-order valence-corrected chi connectivity index (χ2v) is 4.77. The Labute approximate surface area is 93.8 Å². The van der Waals surface area contributed by atoms with Crippen LogP contribution in [0.2, 0.25) is 0 Å². The minimum atomic E-state index is -0.496. The molecule has 0 unspecified atom stereocenters.